The highest BCUT2D eigenvalue weighted by molar-refractivity contribution is 7.80. The monoisotopic (exact) mass is 307 g/mol. The van der Waals surface area contributed by atoms with Crippen molar-refractivity contribution in [3.8, 4) is 5.75 Å². The number of nitrogens with two attached hydrogens (primary N) is 1. The lowest BCUT2D eigenvalue weighted by Gasteiger charge is -2.30. The maximum absolute atomic E-state index is 12.2. The molecule has 0 aromatic heterocycles. The van der Waals surface area contributed by atoms with Gasteiger partial charge in [0, 0.05) is 20.0 Å². The van der Waals surface area contributed by atoms with E-state index in [9.17, 15) is 9.59 Å². The molecule has 21 heavy (non-hydrogen) atoms. The van der Waals surface area contributed by atoms with Crippen molar-refractivity contribution in [1.82, 2.24) is 4.90 Å². The van der Waals surface area contributed by atoms with E-state index in [1.807, 2.05) is 6.07 Å². The molecule has 0 atom stereocenters. The molecule has 0 bridgehead atoms. The van der Waals surface area contributed by atoms with Gasteiger partial charge in [-0.3, -0.25) is 14.5 Å². The van der Waals surface area contributed by atoms with Gasteiger partial charge >= 0.3 is 0 Å². The van der Waals surface area contributed by atoms with Crippen molar-refractivity contribution in [2.75, 3.05) is 31.6 Å². The number of rotatable bonds is 5. The number of likely N-dealkylation sites (N-methyl/N-ethyl adjacent to an activating group) is 1. The zero-order valence-electron chi connectivity index (χ0n) is 11.7. The van der Waals surface area contributed by atoms with Gasteiger partial charge in [-0.25, -0.2) is 0 Å². The highest BCUT2D eigenvalue weighted by atomic mass is 32.1. The van der Waals surface area contributed by atoms with E-state index >= 15 is 0 Å². The van der Waals surface area contributed by atoms with Crippen molar-refractivity contribution < 1.29 is 14.3 Å². The topological polar surface area (TPSA) is 75.9 Å². The van der Waals surface area contributed by atoms with Crippen LogP contribution in [0.2, 0.25) is 0 Å². The fraction of sp³-hybridized carbons (Fsp3) is 0.357. The summed E-state index contributed by atoms with van der Waals surface area (Å²) in [5, 5.41) is 0. The number of carbonyl (C=O) groups excluding carboxylic acids is 2. The highest BCUT2D eigenvalue weighted by Crippen LogP contribution is 2.31. The number of ether oxygens (including phenoxy) is 1. The minimum Gasteiger partial charge on any atom is -0.482 e. The molecule has 2 rings (SSSR count). The number of hydrogen-bond donors (Lipinski definition) is 1. The van der Waals surface area contributed by atoms with Crippen LogP contribution in [-0.2, 0) is 9.59 Å². The lowest BCUT2D eigenvalue weighted by molar-refractivity contribution is -0.130. The van der Waals surface area contributed by atoms with Gasteiger partial charge in [-0.2, -0.15) is 0 Å². The number of hydrogen-bond acceptors (Lipinski definition) is 4. The Morgan fingerprint density at radius 2 is 2.19 bits per heavy atom. The van der Waals surface area contributed by atoms with E-state index in [4.69, 9.17) is 22.7 Å². The number of para-hydroxylation sites is 2. The van der Waals surface area contributed by atoms with E-state index in [1.54, 1.807) is 25.2 Å². The Morgan fingerprint density at radius 1 is 1.48 bits per heavy atom. The molecule has 0 spiro atoms. The van der Waals surface area contributed by atoms with Crippen LogP contribution in [0, 0.1) is 0 Å². The van der Waals surface area contributed by atoms with Gasteiger partial charge in [0.25, 0.3) is 5.91 Å². The van der Waals surface area contributed by atoms with Gasteiger partial charge in [0.15, 0.2) is 6.61 Å². The largest absolute Gasteiger partial charge is 0.482 e. The fourth-order valence-electron chi connectivity index (χ4n) is 1.99. The second kappa shape index (κ2) is 6.53. The Morgan fingerprint density at radius 3 is 2.90 bits per heavy atom. The van der Waals surface area contributed by atoms with Gasteiger partial charge in [-0.05, 0) is 12.1 Å². The molecule has 0 aliphatic carbocycles. The molecule has 1 aromatic carbocycles. The predicted octanol–water partition coefficient (Wildman–Crippen LogP) is 0.547. The lowest BCUT2D eigenvalue weighted by Crippen LogP contribution is -2.46. The standard InChI is InChI=1S/C14H17N3O3S/c1-16(7-6-12(15)21)13(18)8-17-10-4-2-3-5-11(10)20-9-14(17)19/h2-5H,6-9H2,1H3,(H2,15,21). The number of nitrogens with zero attached hydrogens (tertiary/aromatic N) is 2. The third kappa shape index (κ3) is 3.69. The van der Waals surface area contributed by atoms with E-state index < -0.39 is 0 Å². The van der Waals surface area contributed by atoms with Crippen LogP contribution >= 0.6 is 12.2 Å². The molecule has 1 aromatic rings. The molecule has 2 N–H and O–H groups in total. The molecule has 6 nitrogen and oxygen atoms in total. The molecule has 0 fully saturated rings. The van der Waals surface area contributed by atoms with E-state index in [0.717, 1.165) is 0 Å². The fourth-order valence-corrected chi connectivity index (χ4v) is 2.08. The zero-order chi connectivity index (χ0) is 15.4. The summed E-state index contributed by atoms with van der Waals surface area (Å²) in [5.41, 5.74) is 6.04. The molecule has 0 radical (unpaired) electrons. The van der Waals surface area contributed by atoms with Crippen molar-refractivity contribution in [3.63, 3.8) is 0 Å². The Balaban J connectivity index is 2.06. The summed E-state index contributed by atoms with van der Waals surface area (Å²) in [6.07, 6.45) is 0.464. The quantitative estimate of drug-likeness (QED) is 0.804. The molecule has 112 valence electrons. The molecule has 1 aliphatic heterocycles. The van der Waals surface area contributed by atoms with Gasteiger partial charge in [-0.15, -0.1) is 0 Å². The van der Waals surface area contributed by atoms with E-state index in [-0.39, 0.29) is 25.0 Å². The van der Waals surface area contributed by atoms with E-state index in [1.165, 1.54) is 9.80 Å². The van der Waals surface area contributed by atoms with Crippen LogP contribution in [-0.4, -0.2) is 48.4 Å². The second-order valence-electron chi connectivity index (χ2n) is 4.77. The van der Waals surface area contributed by atoms with Crippen molar-refractivity contribution >= 4 is 34.7 Å². The molecular formula is C14H17N3O3S. The maximum Gasteiger partial charge on any atom is 0.265 e. The molecule has 7 heteroatoms. The first kappa shape index (κ1) is 15.2. The first-order valence-corrected chi connectivity index (χ1v) is 6.94. The van der Waals surface area contributed by atoms with Crippen molar-refractivity contribution in [2.45, 2.75) is 6.42 Å². The van der Waals surface area contributed by atoms with Gasteiger partial charge in [0.05, 0.1) is 10.7 Å². The van der Waals surface area contributed by atoms with Crippen LogP contribution in [0.5, 0.6) is 5.75 Å². The number of anilines is 1. The van der Waals surface area contributed by atoms with Crippen LogP contribution in [0.4, 0.5) is 5.69 Å². The SMILES string of the molecule is CN(CCC(N)=S)C(=O)CN1C(=O)COc2ccccc21. The summed E-state index contributed by atoms with van der Waals surface area (Å²) in [6, 6.07) is 7.16. The average Bonchev–Trinajstić information content (AvgIpc) is 2.47. The van der Waals surface area contributed by atoms with Crippen LogP contribution < -0.4 is 15.4 Å². The summed E-state index contributed by atoms with van der Waals surface area (Å²) >= 11 is 4.79. The molecule has 1 heterocycles. The van der Waals surface area contributed by atoms with Crippen LogP contribution in [0.15, 0.2) is 24.3 Å². The summed E-state index contributed by atoms with van der Waals surface area (Å²) in [6.45, 7) is 0.363. The van der Waals surface area contributed by atoms with Crippen LogP contribution in [0.25, 0.3) is 0 Å². The van der Waals surface area contributed by atoms with Crippen molar-refractivity contribution in [2.24, 2.45) is 5.73 Å². The molecule has 0 unspecified atom stereocenters. The molecule has 0 saturated heterocycles. The van der Waals surface area contributed by atoms with E-state index in [2.05, 4.69) is 0 Å². The number of fused-ring (bicyclic) bond motifs is 1. The van der Waals surface area contributed by atoms with Crippen molar-refractivity contribution in [3.05, 3.63) is 24.3 Å². The highest BCUT2D eigenvalue weighted by Gasteiger charge is 2.27. The maximum atomic E-state index is 12.2. The van der Waals surface area contributed by atoms with Gasteiger partial charge in [0.2, 0.25) is 5.91 Å². The second-order valence-corrected chi connectivity index (χ2v) is 5.29. The number of carbonyl (C=O) groups is 2. The third-order valence-electron chi connectivity index (χ3n) is 3.22. The zero-order valence-corrected chi connectivity index (χ0v) is 12.6. The third-order valence-corrected chi connectivity index (χ3v) is 3.43. The van der Waals surface area contributed by atoms with Gasteiger partial charge in [0.1, 0.15) is 12.3 Å². The summed E-state index contributed by atoms with van der Waals surface area (Å²) in [5.74, 6) is 0.205. The first-order chi connectivity index (χ1) is 9.99. The molecule has 1 aliphatic rings. The smallest absolute Gasteiger partial charge is 0.265 e. The Labute approximate surface area is 128 Å². The Hall–Kier alpha value is -2.15. The first-order valence-electron chi connectivity index (χ1n) is 6.53. The number of amides is 2. The summed E-state index contributed by atoms with van der Waals surface area (Å²) in [7, 11) is 1.66. The normalized spacial score (nSPS) is 13.4. The Kier molecular flexibility index (Phi) is 4.74. The lowest BCUT2D eigenvalue weighted by atomic mass is 10.2. The number of thiocarbonyl (C=S) groups is 1. The Bertz CT molecular complexity index is 576. The molecule has 2 amide bonds. The minimum absolute atomic E-state index is 0.0208. The average molecular weight is 307 g/mol. The van der Waals surface area contributed by atoms with Crippen molar-refractivity contribution in [1.29, 1.82) is 0 Å². The van der Waals surface area contributed by atoms with E-state index in [0.29, 0.717) is 29.4 Å². The number of benzene rings is 1. The predicted molar refractivity (Wildman–Crippen MR) is 83.3 cm³/mol. The molecular weight excluding hydrogens is 290 g/mol. The van der Waals surface area contributed by atoms with Crippen LogP contribution in [0.1, 0.15) is 6.42 Å². The summed E-state index contributed by atoms with van der Waals surface area (Å²) < 4.78 is 5.34. The summed E-state index contributed by atoms with van der Waals surface area (Å²) in [4.78, 5) is 27.5. The van der Waals surface area contributed by atoms with Gasteiger partial charge in [-0.1, -0.05) is 24.4 Å². The van der Waals surface area contributed by atoms with Gasteiger partial charge < -0.3 is 15.4 Å². The minimum atomic E-state index is -0.232. The van der Waals surface area contributed by atoms with Crippen LogP contribution in [0.3, 0.4) is 0 Å². The molecule has 0 saturated carbocycles.